The van der Waals surface area contributed by atoms with Gasteiger partial charge >= 0.3 is 0 Å². The number of carbonyl (C=O) groups is 1. The van der Waals surface area contributed by atoms with E-state index in [1.807, 2.05) is 13.8 Å². The lowest BCUT2D eigenvalue weighted by Crippen LogP contribution is -2.35. The molecule has 0 bridgehead atoms. The molecule has 1 unspecified atom stereocenters. The van der Waals surface area contributed by atoms with E-state index >= 15 is 0 Å². The topological polar surface area (TPSA) is 84.6 Å². The van der Waals surface area contributed by atoms with Gasteiger partial charge in [-0.2, -0.15) is 0 Å². The van der Waals surface area contributed by atoms with Crippen molar-refractivity contribution < 1.29 is 14.6 Å². The molecule has 0 aromatic heterocycles. The molecule has 5 heteroatoms. The van der Waals surface area contributed by atoms with Crippen molar-refractivity contribution in [3.63, 3.8) is 0 Å². The number of nitrogens with two attached hydrogens (primary N) is 1. The van der Waals surface area contributed by atoms with Crippen LogP contribution in [0.15, 0.2) is 18.2 Å². The van der Waals surface area contributed by atoms with Gasteiger partial charge in [0.2, 0.25) is 5.91 Å². The third kappa shape index (κ3) is 4.54. The molecule has 4 N–H and O–H groups in total. The zero-order chi connectivity index (χ0) is 14.3. The second kappa shape index (κ2) is 7.76. The van der Waals surface area contributed by atoms with E-state index in [4.69, 9.17) is 10.5 Å². The van der Waals surface area contributed by atoms with E-state index in [0.29, 0.717) is 30.0 Å². The van der Waals surface area contributed by atoms with Crippen LogP contribution in [0.2, 0.25) is 0 Å². The summed E-state index contributed by atoms with van der Waals surface area (Å²) < 4.78 is 5.38. The van der Waals surface area contributed by atoms with Crippen LogP contribution in [0, 0.1) is 0 Å². The fourth-order valence-electron chi connectivity index (χ4n) is 1.75. The highest BCUT2D eigenvalue weighted by Gasteiger charge is 2.13. The van der Waals surface area contributed by atoms with Crippen LogP contribution in [0.4, 0.5) is 5.69 Å². The van der Waals surface area contributed by atoms with Crippen molar-refractivity contribution in [3.05, 3.63) is 23.8 Å². The van der Waals surface area contributed by atoms with E-state index in [1.165, 1.54) is 0 Å². The number of aliphatic hydroxyl groups excluding tert-OH is 1. The quantitative estimate of drug-likeness (QED) is 0.700. The lowest BCUT2D eigenvalue weighted by atomic mass is 10.1. The Morgan fingerprint density at radius 3 is 2.79 bits per heavy atom. The Bertz CT molecular complexity index is 421. The van der Waals surface area contributed by atoms with Crippen LogP contribution in [0.25, 0.3) is 0 Å². The van der Waals surface area contributed by atoms with Crippen molar-refractivity contribution in [2.24, 2.45) is 5.73 Å². The summed E-state index contributed by atoms with van der Waals surface area (Å²) in [5.41, 5.74) is 6.99. The maximum Gasteiger partial charge on any atom is 0.241 e. The Hall–Kier alpha value is -1.59. The highest BCUT2D eigenvalue weighted by Crippen LogP contribution is 2.23. The van der Waals surface area contributed by atoms with Gasteiger partial charge in [0.05, 0.1) is 19.3 Å². The molecule has 19 heavy (non-hydrogen) atoms. The summed E-state index contributed by atoms with van der Waals surface area (Å²) in [6, 6.07) is 4.66. The molecule has 1 aromatic rings. The number of aliphatic hydroxyl groups is 1. The van der Waals surface area contributed by atoms with Gasteiger partial charge in [-0.1, -0.05) is 13.3 Å². The van der Waals surface area contributed by atoms with Gasteiger partial charge in [-0.25, -0.2) is 0 Å². The molecule has 0 spiro atoms. The molecule has 1 amide bonds. The largest absolute Gasteiger partial charge is 0.494 e. The first-order chi connectivity index (χ1) is 9.12. The Kier molecular flexibility index (Phi) is 6.32. The summed E-state index contributed by atoms with van der Waals surface area (Å²) in [5.74, 6) is 0.413. The summed E-state index contributed by atoms with van der Waals surface area (Å²) in [7, 11) is 0. The van der Waals surface area contributed by atoms with Crippen LogP contribution in [0.5, 0.6) is 5.75 Å². The van der Waals surface area contributed by atoms with Gasteiger partial charge in [0.25, 0.3) is 0 Å². The van der Waals surface area contributed by atoms with Crippen molar-refractivity contribution in [1.82, 2.24) is 0 Å². The number of ether oxygens (including phenoxy) is 1. The van der Waals surface area contributed by atoms with Crippen molar-refractivity contribution in [2.45, 2.75) is 39.3 Å². The standard InChI is InChI=1S/C14H22N2O3/c1-3-5-12(15)14(18)16-11-6-7-13(19-4-2)10(8-11)9-17/h6-8,12,17H,3-5,9,15H2,1-2H3,(H,16,18). The first-order valence-corrected chi connectivity index (χ1v) is 6.55. The number of anilines is 1. The Balaban J connectivity index is 2.76. The minimum atomic E-state index is -0.505. The van der Waals surface area contributed by atoms with E-state index in [9.17, 15) is 9.90 Å². The van der Waals surface area contributed by atoms with E-state index in [1.54, 1.807) is 18.2 Å². The average Bonchev–Trinajstić information content (AvgIpc) is 2.41. The zero-order valence-electron chi connectivity index (χ0n) is 11.5. The smallest absolute Gasteiger partial charge is 0.241 e. The van der Waals surface area contributed by atoms with Gasteiger partial charge in [-0.05, 0) is 31.5 Å². The molecule has 1 atom stereocenters. The highest BCUT2D eigenvalue weighted by atomic mass is 16.5. The van der Waals surface area contributed by atoms with Gasteiger partial charge in [-0.15, -0.1) is 0 Å². The van der Waals surface area contributed by atoms with E-state index in [0.717, 1.165) is 6.42 Å². The predicted molar refractivity (Wildman–Crippen MR) is 75.0 cm³/mol. The SMILES string of the molecule is CCCC(N)C(=O)Nc1ccc(OCC)c(CO)c1. The molecule has 0 saturated heterocycles. The summed E-state index contributed by atoms with van der Waals surface area (Å²) >= 11 is 0. The Morgan fingerprint density at radius 2 is 2.21 bits per heavy atom. The molecule has 0 saturated carbocycles. The maximum atomic E-state index is 11.8. The minimum absolute atomic E-state index is 0.139. The van der Waals surface area contributed by atoms with E-state index < -0.39 is 6.04 Å². The Labute approximate surface area is 113 Å². The normalized spacial score (nSPS) is 12.0. The molecule has 0 heterocycles. The monoisotopic (exact) mass is 266 g/mol. The first-order valence-electron chi connectivity index (χ1n) is 6.55. The number of hydrogen-bond acceptors (Lipinski definition) is 4. The molecule has 106 valence electrons. The second-order valence-electron chi connectivity index (χ2n) is 4.30. The third-order valence-electron chi connectivity index (χ3n) is 2.73. The van der Waals surface area contributed by atoms with Gasteiger partial charge in [-0.3, -0.25) is 4.79 Å². The molecule has 1 rings (SSSR count). The van der Waals surface area contributed by atoms with E-state index in [-0.39, 0.29) is 12.5 Å². The summed E-state index contributed by atoms with van der Waals surface area (Å²) in [6.45, 7) is 4.24. The minimum Gasteiger partial charge on any atom is -0.494 e. The molecular weight excluding hydrogens is 244 g/mol. The number of rotatable bonds is 7. The van der Waals surface area contributed by atoms with Gasteiger partial charge in [0.1, 0.15) is 5.75 Å². The second-order valence-corrected chi connectivity index (χ2v) is 4.30. The van der Waals surface area contributed by atoms with Crippen LogP contribution < -0.4 is 15.8 Å². The van der Waals surface area contributed by atoms with Gasteiger partial charge in [0, 0.05) is 11.3 Å². The lowest BCUT2D eigenvalue weighted by molar-refractivity contribution is -0.117. The predicted octanol–water partition coefficient (Wildman–Crippen LogP) is 1.64. The number of carbonyl (C=O) groups excluding carboxylic acids is 1. The molecular formula is C14H22N2O3. The number of benzene rings is 1. The molecule has 0 aliphatic rings. The number of nitrogens with one attached hydrogen (secondary N) is 1. The van der Waals surface area contributed by atoms with Crippen LogP contribution in [-0.2, 0) is 11.4 Å². The van der Waals surface area contributed by atoms with Crippen molar-refractivity contribution in [1.29, 1.82) is 0 Å². The molecule has 0 aliphatic carbocycles. The first kappa shape index (κ1) is 15.5. The molecule has 5 nitrogen and oxygen atoms in total. The van der Waals surface area contributed by atoms with Crippen LogP contribution >= 0.6 is 0 Å². The fraction of sp³-hybridized carbons (Fsp3) is 0.500. The van der Waals surface area contributed by atoms with Crippen molar-refractivity contribution in [3.8, 4) is 5.75 Å². The number of amides is 1. The molecule has 0 radical (unpaired) electrons. The van der Waals surface area contributed by atoms with Crippen molar-refractivity contribution >= 4 is 11.6 Å². The number of hydrogen-bond donors (Lipinski definition) is 3. The fourth-order valence-corrected chi connectivity index (χ4v) is 1.75. The highest BCUT2D eigenvalue weighted by molar-refractivity contribution is 5.94. The van der Waals surface area contributed by atoms with Crippen molar-refractivity contribution in [2.75, 3.05) is 11.9 Å². The van der Waals surface area contributed by atoms with Gasteiger partial charge < -0.3 is 20.9 Å². The van der Waals surface area contributed by atoms with Gasteiger partial charge in [0.15, 0.2) is 0 Å². The Morgan fingerprint density at radius 1 is 1.47 bits per heavy atom. The van der Waals surface area contributed by atoms with E-state index in [2.05, 4.69) is 5.32 Å². The average molecular weight is 266 g/mol. The van der Waals surface area contributed by atoms with Crippen LogP contribution in [0.1, 0.15) is 32.3 Å². The lowest BCUT2D eigenvalue weighted by Gasteiger charge is -2.13. The third-order valence-corrected chi connectivity index (χ3v) is 2.73. The molecule has 0 aliphatic heterocycles. The summed E-state index contributed by atoms with van der Waals surface area (Å²) in [5, 5.41) is 12.0. The summed E-state index contributed by atoms with van der Waals surface area (Å²) in [4.78, 5) is 11.8. The van der Waals surface area contributed by atoms with Crippen LogP contribution in [0.3, 0.4) is 0 Å². The summed E-state index contributed by atoms with van der Waals surface area (Å²) in [6.07, 6.45) is 1.51. The zero-order valence-corrected chi connectivity index (χ0v) is 11.5. The maximum absolute atomic E-state index is 11.8. The molecule has 1 aromatic carbocycles. The molecule has 0 fully saturated rings. The van der Waals surface area contributed by atoms with Crippen LogP contribution in [-0.4, -0.2) is 23.7 Å².